The molecule has 1 aromatic carbocycles. The van der Waals surface area contributed by atoms with E-state index in [1.54, 1.807) is 31.0 Å². The molecular formula is C33H45FN8O5S. The number of hydrogen-bond acceptors (Lipinski definition) is 10. The number of carbonyl (C=O) groups excluding carboxylic acids is 3. The molecular weight excluding hydrogens is 639 g/mol. The number of aryl methyl sites for hydroxylation is 2. The molecule has 0 radical (unpaired) electrons. The van der Waals surface area contributed by atoms with Crippen molar-refractivity contribution in [3.05, 3.63) is 46.9 Å². The number of carbonyl (C=O) groups is 3. The van der Waals surface area contributed by atoms with E-state index in [9.17, 15) is 23.9 Å². The zero-order valence-corrected chi connectivity index (χ0v) is 28.7. The maximum Gasteiger partial charge on any atom is 0.258 e. The Balaban J connectivity index is 1.28. The van der Waals surface area contributed by atoms with Gasteiger partial charge in [0.2, 0.25) is 11.8 Å². The summed E-state index contributed by atoms with van der Waals surface area (Å²) in [5.41, 5.74) is 7.98. The van der Waals surface area contributed by atoms with Gasteiger partial charge in [-0.3, -0.25) is 19.1 Å². The minimum Gasteiger partial charge on any atom is -0.493 e. The van der Waals surface area contributed by atoms with Gasteiger partial charge in [-0.15, -0.1) is 16.4 Å². The summed E-state index contributed by atoms with van der Waals surface area (Å²) < 4.78 is 22.5. The van der Waals surface area contributed by atoms with Crippen molar-refractivity contribution in [1.82, 2.24) is 35.5 Å². The summed E-state index contributed by atoms with van der Waals surface area (Å²) >= 11 is 1.52. The Hall–Kier alpha value is -3.95. The molecule has 0 spiro atoms. The second-order valence-corrected chi connectivity index (χ2v) is 14.5. The van der Waals surface area contributed by atoms with Gasteiger partial charge in [0.05, 0.1) is 34.5 Å². The maximum absolute atomic E-state index is 14.5. The van der Waals surface area contributed by atoms with Crippen LogP contribution in [0.2, 0.25) is 0 Å². The number of benzene rings is 1. The molecule has 260 valence electrons. The van der Waals surface area contributed by atoms with Crippen LogP contribution in [0.25, 0.3) is 10.4 Å². The molecule has 48 heavy (non-hydrogen) atoms. The number of likely N-dealkylation sites (tertiary alicyclic amines) is 1. The predicted molar refractivity (Wildman–Crippen MR) is 178 cm³/mol. The topological polar surface area (TPSA) is 178 Å². The van der Waals surface area contributed by atoms with Crippen LogP contribution in [-0.2, 0) is 33.9 Å². The third-order valence-corrected chi connectivity index (χ3v) is 9.65. The zero-order chi connectivity index (χ0) is 34.6. The Labute approximate surface area is 283 Å². The lowest BCUT2D eigenvalue weighted by atomic mass is 9.85. The highest BCUT2D eigenvalue weighted by molar-refractivity contribution is 7.13. The van der Waals surface area contributed by atoms with Crippen molar-refractivity contribution in [3.8, 4) is 16.2 Å². The Bertz CT molecular complexity index is 1620. The van der Waals surface area contributed by atoms with Crippen molar-refractivity contribution in [2.45, 2.75) is 96.7 Å². The summed E-state index contributed by atoms with van der Waals surface area (Å²) in [6.45, 7) is 8.83. The van der Waals surface area contributed by atoms with Gasteiger partial charge in [-0.2, -0.15) is 0 Å². The third-order valence-electron chi connectivity index (χ3n) is 8.67. The Morgan fingerprint density at radius 1 is 1.27 bits per heavy atom. The minimum atomic E-state index is -1.96. The lowest BCUT2D eigenvalue weighted by Crippen LogP contribution is -2.59. The number of ether oxygens (including phenoxy) is 1. The van der Waals surface area contributed by atoms with Crippen LogP contribution in [0.4, 0.5) is 4.39 Å². The number of nitrogens with two attached hydrogens (primary N) is 1. The van der Waals surface area contributed by atoms with Gasteiger partial charge < -0.3 is 31.1 Å². The van der Waals surface area contributed by atoms with Gasteiger partial charge in [0.1, 0.15) is 17.8 Å². The molecule has 1 aliphatic heterocycles. The second kappa shape index (κ2) is 14.7. The lowest BCUT2D eigenvalue weighted by Gasteiger charge is -2.35. The number of nitrogens with one attached hydrogen (secondary N) is 2. The molecule has 0 bridgehead atoms. The molecule has 13 nitrogen and oxygen atoms in total. The average Bonchev–Trinajstić information content (AvgIpc) is 3.35. The first-order chi connectivity index (χ1) is 22.8. The molecule has 2 fully saturated rings. The zero-order valence-electron chi connectivity index (χ0n) is 27.9. The number of rotatable bonds is 14. The number of thiazole rings is 1. The molecule has 3 aromatic rings. The largest absolute Gasteiger partial charge is 0.493 e. The highest BCUT2D eigenvalue weighted by Crippen LogP contribution is 2.40. The smallest absolute Gasteiger partial charge is 0.258 e. The first-order valence-electron chi connectivity index (χ1n) is 16.3. The normalized spacial score (nSPS) is 19.2. The maximum atomic E-state index is 14.5. The Morgan fingerprint density at radius 2 is 2.04 bits per heavy atom. The summed E-state index contributed by atoms with van der Waals surface area (Å²) in [6, 6.07) is 3.70. The van der Waals surface area contributed by atoms with Crippen molar-refractivity contribution >= 4 is 29.1 Å². The van der Waals surface area contributed by atoms with Gasteiger partial charge >= 0.3 is 0 Å². The van der Waals surface area contributed by atoms with E-state index in [-0.39, 0.29) is 32.4 Å². The van der Waals surface area contributed by atoms with Gasteiger partial charge in [-0.25, -0.2) is 9.37 Å². The number of aliphatic hydroxyl groups excluding tert-OH is 1. The van der Waals surface area contributed by atoms with Gasteiger partial charge in [0.15, 0.2) is 5.67 Å². The number of alkyl halides is 1. The van der Waals surface area contributed by atoms with Crippen LogP contribution in [0.1, 0.15) is 63.4 Å². The molecule has 15 heteroatoms. The number of nitrogens with zero attached hydrogens (tertiary/aromatic N) is 5. The molecule has 3 heterocycles. The molecule has 1 saturated heterocycles. The Morgan fingerprint density at radius 3 is 2.71 bits per heavy atom. The van der Waals surface area contributed by atoms with E-state index in [1.165, 1.54) is 16.2 Å². The monoisotopic (exact) mass is 684 g/mol. The number of halogens is 1. The van der Waals surface area contributed by atoms with Crippen molar-refractivity contribution in [2.75, 3.05) is 19.7 Å². The minimum absolute atomic E-state index is 0.0361. The van der Waals surface area contributed by atoms with Crippen molar-refractivity contribution < 1.29 is 28.6 Å². The van der Waals surface area contributed by atoms with E-state index in [1.807, 2.05) is 31.3 Å². The number of aliphatic hydroxyl groups is 1. The third kappa shape index (κ3) is 8.36. The first-order valence-corrected chi connectivity index (χ1v) is 17.2. The molecule has 1 saturated carbocycles. The van der Waals surface area contributed by atoms with Crippen LogP contribution >= 0.6 is 11.3 Å². The van der Waals surface area contributed by atoms with Crippen molar-refractivity contribution in [2.24, 2.45) is 11.1 Å². The van der Waals surface area contributed by atoms with Crippen LogP contribution in [0.15, 0.2) is 29.9 Å². The van der Waals surface area contributed by atoms with Crippen LogP contribution < -0.4 is 21.1 Å². The van der Waals surface area contributed by atoms with E-state index in [4.69, 9.17) is 10.5 Å². The molecule has 2 aromatic heterocycles. The molecule has 5 rings (SSSR count). The summed E-state index contributed by atoms with van der Waals surface area (Å²) in [4.78, 5) is 46.6. The van der Waals surface area contributed by atoms with E-state index in [2.05, 4.69) is 25.9 Å². The second-order valence-electron chi connectivity index (χ2n) is 13.7. The van der Waals surface area contributed by atoms with Gasteiger partial charge in [-0.1, -0.05) is 38.1 Å². The summed E-state index contributed by atoms with van der Waals surface area (Å²) in [5.74, 6) is -1.24. The summed E-state index contributed by atoms with van der Waals surface area (Å²) in [6.07, 6.45) is 2.54. The Kier molecular flexibility index (Phi) is 10.8. The fourth-order valence-corrected chi connectivity index (χ4v) is 6.46. The van der Waals surface area contributed by atoms with Gasteiger partial charge in [-0.05, 0) is 49.8 Å². The molecule has 0 unspecified atom stereocenters. The van der Waals surface area contributed by atoms with E-state index in [0.29, 0.717) is 31.9 Å². The fourth-order valence-electron chi connectivity index (χ4n) is 5.65. The fraction of sp³-hybridized carbons (Fsp3) is 0.576. The van der Waals surface area contributed by atoms with Crippen LogP contribution in [0.5, 0.6) is 5.75 Å². The average molecular weight is 685 g/mol. The number of β-amino-alcohol motifs (C(OH)–C–C–N with tert-alkyl or cyclic N) is 1. The summed E-state index contributed by atoms with van der Waals surface area (Å²) in [5, 5.41) is 24.4. The van der Waals surface area contributed by atoms with Gasteiger partial charge in [0, 0.05) is 44.2 Å². The molecule has 2 aliphatic rings. The van der Waals surface area contributed by atoms with Crippen LogP contribution in [-0.4, -0.2) is 91.3 Å². The quantitative estimate of drug-likeness (QED) is 0.198. The van der Waals surface area contributed by atoms with Crippen LogP contribution in [0, 0.1) is 12.3 Å². The highest BCUT2D eigenvalue weighted by atomic mass is 32.1. The number of amides is 3. The number of aromatic nitrogens is 4. The first kappa shape index (κ1) is 35.4. The highest BCUT2D eigenvalue weighted by Gasteiger charge is 2.53. The van der Waals surface area contributed by atoms with E-state index in [0.717, 1.165) is 33.8 Å². The summed E-state index contributed by atoms with van der Waals surface area (Å²) in [7, 11) is 0. The lowest BCUT2D eigenvalue weighted by molar-refractivity contribution is -0.145. The standard InChI is InChI=1S/C33H45FN8O5S/c1-20-27(48-19-37-20)21-6-7-22(26(14-21)47-13-8-23-17-41(40-39-23)12-5-11-35)16-36-29(44)25-15-24(43)18-42(25)30(45)28(32(2,3)4)38-31(46)33(34)9-10-33/h6-7,14,17,19,24-25,28,43H,5,8-13,15-16,18,35H2,1-4H3,(H,36,44)(H,38,46)/t24-,25+,28-/m1/s1. The molecule has 3 amide bonds. The molecule has 1 aliphatic carbocycles. The molecule has 5 N–H and O–H groups in total. The van der Waals surface area contributed by atoms with Crippen molar-refractivity contribution in [1.29, 1.82) is 0 Å². The SMILES string of the molecule is Cc1ncsc1-c1ccc(CNC(=O)[C@@H]2C[C@@H](O)CN2C(=O)[C@@H](NC(=O)C2(F)CC2)C(C)(C)C)c(OCCc2cn(CCCN)nn2)c1. The molecule has 3 atom stereocenters. The number of hydrogen-bond donors (Lipinski definition) is 4. The van der Waals surface area contributed by atoms with Crippen molar-refractivity contribution in [3.63, 3.8) is 0 Å². The van der Waals surface area contributed by atoms with E-state index >= 15 is 0 Å². The van der Waals surface area contributed by atoms with E-state index < -0.39 is 47.0 Å². The van der Waals surface area contributed by atoms with Gasteiger partial charge in [0.25, 0.3) is 5.91 Å². The van der Waals surface area contributed by atoms with Crippen LogP contribution in [0.3, 0.4) is 0 Å². The predicted octanol–water partition coefficient (Wildman–Crippen LogP) is 2.29.